The van der Waals surface area contributed by atoms with Crippen LogP contribution in [0.1, 0.15) is 15.9 Å². The van der Waals surface area contributed by atoms with Crippen molar-refractivity contribution in [3.8, 4) is 11.4 Å². The summed E-state index contributed by atoms with van der Waals surface area (Å²) in [6.45, 7) is 0. The van der Waals surface area contributed by atoms with E-state index in [1.807, 2.05) is 0 Å². The van der Waals surface area contributed by atoms with Crippen molar-refractivity contribution in [2.45, 2.75) is 6.18 Å². The molecule has 0 aliphatic heterocycles. The molecule has 0 fully saturated rings. The Morgan fingerprint density at radius 2 is 1.92 bits per heavy atom. The van der Waals surface area contributed by atoms with Crippen molar-refractivity contribution < 1.29 is 27.6 Å². The summed E-state index contributed by atoms with van der Waals surface area (Å²) in [7, 11) is 0. The molecular formula is C15H9F4N3O2. The van der Waals surface area contributed by atoms with E-state index in [4.69, 9.17) is 5.21 Å². The van der Waals surface area contributed by atoms with Crippen LogP contribution in [0.15, 0.2) is 36.4 Å². The number of carbonyl (C=O) groups excluding carboxylic acids is 1. The molecule has 2 aromatic carbocycles. The lowest BCUT2D eigenvalue weighted by Gasteiger charge is -2.07. The summed E-state index contributed by atoms with van der Waals surface area (Å²) in [6, 6.07) is 6.36. The lowest BCUT2D eigenvalue weighted by atomic mass is 10.1. The van der Waals surface area contributed by atoms with Crippen molar-refractivity contribution in [3.05, 3.63) is 53.3 Å². The van der Waals surface area contributed by atoms with Gasteiger partial charge in [0.25, 0.3) is 5.91 Å². The standard InChI is InChI=1S/C15H9F4N3O2/c16-10-6-8(15(17,18)19)2-3-9(10)13-20-11-4-1-7(14(23)22-24)5-12(11)21-13/h1-6,24H,(H,20,21)(H,22,23). The lowest BCUT2D eigenvalue weighted by Crippen LogP contribution is -2.18. The van der Waals surface area contributed by atoms with Crippen LogP contribution in [-0.4, -0.2) is 21.1 Å². The van der Waals surface area contributed by atoms with Gasteiger partial charge in [0, 0.05) is 5.56 Å². The van der Waals surface area contributed by atoms with Crippen LogP contribution in [0.25, 0.3) is 22.4 Å². The highest BCUT2D eigenvalue weighted by Gasteiger charge is 2.31. The van der Waals surface area contributed by atoms with Crippen molar-refractivity contribution in [3.63, 3.8) is 0 Å². The maximum atomic E-state index is 14.0. The Hall–Kier alpha value is -2.94. The number of H-pyrrole nitrogens is 1. The van der Waals surface area contributed by atoms with Crippen LogP contribution in [0.5, 0.6) is 0 Å². The summed E-state index contributed by atoms with van der Waals surface area (Å²) in [5.41, 5.74) is 1.13. The van der Waals surface area contributed by atoms with Crippen LogP contribution < -0.4 is 5.48 Å². The van der Waals surface area contributed by atoms with E-state index in [-0.39, 0.29) is 17.0 Å². The van der Waals surface area contributed by atoms with Gasteiger partial charge in [-0.15, -0.1) is 0 Å². The number of fused-ring (bicyclic) bond motifs is 1. The summed E-state index contributed by atoms with van der Waals surface area (Å²) in [5.74, 6) is -1.79. The zero-order chi connectivity index (χ0) is 17.5. The number of carbonyl (C=O) groups is 1. The average molecular weight is 339 g/mol. The number of alkyl halides is 3. The van der Waals surface area contributed by atoms with E-state index in [1.54, 1.807) is 0 Å². The number of nitrogens with one attached hydrogen (secondary N) is 2. The molecular weight excluding hydrogens is 330 g/mol. The Kier molecular flexibility index (Phi) is 3.72. The number of amides is 1. The smallest absolute Gasteiger partial charge is 0.338 e. The van der Waals surface area contributed by atoms with Crippen LogP contribution in [0.3, 0.4) is 0 Å². The molecule has 0 bridgehead atoms. The molecule has 1 amide bonds. The zero-order valence-electron chi connectivity index (χ0n) is 11.8. The minimum Gasteiger partial charge on any atom is -0.338 e. The minimum absolute atomic E-state index is 0.0257. The molecule has 0 atom stereocenters. The molecule has 9 heteroatoms. The SMILES string of the molecule is O=C(NO)c1ccc2nc(-c3ccc(C(F)(F)F)cc3F)[nH]c2c1. The van der Waals surface area contributed by atoms with Crippen LogP contribution in [0.4, 0.5) is 17.6 Å². The van der Waals surface area contributed by atoms with E-state index in [9.17, 15) is 22.4 Å². The van der Waals surface area contributed by atoms with E-state index >= 15 is 0 Å². The fraction of sp³-hybridized carbons (Fsp3) is 0.0667. The van der Waals surface area contributed by atoms with Crippen molar-refractivity contribution >= 4 is 16.9 Å². The molecule has 0 radical (unpaired) electrons. The molecule has 3 aromatic rings. The highest BCUT2D eigenvalue weighted by molar-refractivity contribution is 5.97. The predicted molar refractivity (Wildman–Crippen MR) is 75.7 cm³/mol. The molecule has 24 heavy (non-hydrogen) atoms. The molecule has 0 saturated heterocycles. The van der Waals surface area contributed by atoms with Crippen LogP contribution in [0.2, 0.25) is 0 Å². The average Bonchev–Trinajstić information content (AvgIpc) is 2.95. The molecule has 124 valence electrons. The molecule has 0 aliphatic rings. The molecule has 0 spiro atoms. The number of nitrogens with zero attached hydrogens (tertiary/aromatic N) is 1. The summed E-state index contributed by atoms with van der Waals surface area (Å²) in [5, 5.41) is 8.60. The van der Waals surface area contributed by atoms with E-state index in [1.165, 1.54) is 23.7 Å². The first-order valence-corrected chi connectivity index (χ1v) is 6.61. The van der Waals surface area contributed by atoms with Crippen molar-refractivity contribution in [1.82, 2.24) is 15.4 Å². The van der Waals surface area contributed by atoms with Crippen molar-refractivity contribution in [2.24, 2.45) is 0 Å². The molecule has 0 unspecified atom stereocenters. The number of rotatable bonds is 2. The van der Waals surface area contributed by atoms with Gasteiger partial charge in [0.2, 0.25) is 0 Å². The lowest BCUT2D eigenvalue weighted by molar-refractivity contribution is -0.137. The Bertz CT molecular complexity index is 934. The summed E-state index contributed by atoms with van der Waals surface area (Å²) in [4.78, 5) is 18.2. The van der Waals surface area contributed by atoms with Gasteiger partial charge >= 0.3 is 6.18 Å². The largest absolute Gasteiger partial charge is 0.416 e. The van der Waals surface area contributed by atoms with Gasteiger partial charge in [-0.2, -0.15) is 13.2 Å². The summed E-state index contributed by atoms with van der Waals surface area (Å²) >= 11 is 0. The molecule has 1 heterocycles. The highest BCUT2D eigenvalue weighted by atomic mass is 19.4. The molecule has 0 aliphatic carbocycles. The van der Waals surface area contributed by atoms with Gasteiger partial charge in [0.05, 0.1) is 22.2 Å². The fourth-order valence-electron chi connectivity index (χ4n) is 2.23. The zero-order valence-corrected chi connectivity index (χ0v) is 11.8. The van der Waals surface area contributed by atoms with Gasteiger partial charge in [-0.3, -0.25) is 10.0 Å². The van der Waals surface area contributed by atoms with Crippen LogP contribution in [-0.2, 0) is 6.18 Å². The third-order valence-electron chi connectivity index (χ3n) is 3.40. The topological polar surface area (TPSA) is 78.0 Å². The van der Waals surface area contributed by atoms with Gasteiger partial charge in [-0.25, -0.2) is 14.9 Å². The first-order chi connectivity index (χ1) is 11.3. The number of aromatic amines is 1. The van der Waals surface area contributed by atoms with Gasteiger partial charge in [-0.1, -0.05) is 0 Å². The van der Waals surface area contributed by atoms with Crippen LogP contribution >= 0.6 is 0 Å². The highest BCUT2D eigenvalue weighted by Crippen LogP contribution is 2.32. The van der Waals surface area contributed by atoms with Gasteiger partial charge in [-0.05, 0) is 36.4 Å². The van der Waals surface area contributed by atoms with E-state index in [0.717, 1.165) is 12.1 Å². The second kappa shape index (κ2) is 5.60. The Morgan fingerprint density at radius 1 is 1.17 bits per heavy atom. The third-order valence-corrected chi connectivity index (χ3v) is 3.40. The summed E-state index contributed by atoms with van der Waals surface area (Å²) in [6.07, 6.45) is -4.64. The minimum atomic E-state index is -4.64. The van der Waals surface area contributed by atoms with Gasteiger partial charge < -0.3 is 4.98 Å². The van der Waals surface area contributed by atoms with E-state index in [2.05, 4.69) is 9.97 Å². The van der Waals surface area contributed by atoms with E-state index in [0.29, 0.717) is 17.1 Å². The normalized spacial score (nSPS) is 11.7. The number of halogens is 4. The van der Waals surface area contributed by atoms with Gasteiger partial charge in [0.15, 0.2) is 0 Å². The number of benzene rings is 2. The number of hydroxylamine groups is 1. The monoisotopic (exact) mass is 339 g/mol. The fourth-order valence-corrected chi connectivity index (χ4v) is 2.23. The molecule has 5 nitrogen and oxygen atoms in total. The van der Waals surface area contributed by atoms with E-state index < -0.39 is 23.5 Å². The molecule has 0 saturated carbocycles. The summed E-state index contributed by atoms with van der Waals surface area (Å²) < 4.78 is 51.7. The third kappa shape index (κ3) is 2.81. The van der Waals surface area contributed by atoms with Gasteiger partial charge in [0.1, 0.15) is 11.6 Å². The van der Waals surface area contributed by atoms with Crippen molar-refractivity contribution in [1.29, 1.82) is 0 Å². The first-order valence-electron chi connectivity index (χ1n) is 6.61. The quantitative estimate of drug-likeness (QED) is 0.380. The number of imidazole rings is 1. The first kappa shape index (κ1) is 15.9. The predicted octanol–water partition coefficient (Wildman–Crippen LogP) is 3.51. The molecule has 3 N–H and O–H groups in total. The Labute approximate surface area is 131 Å². The second-order valence-corrected chi connectivity index (χ2v) is 4.95. The molecule has 3 rings (SSSR count). The number of hydrogen-bond donors (Lipinski definition) is 3. The maximum Gasteiger partial charge on any atom is 0.416 e. The van der Waals surface area contributed by atoms with Crippen LogP contribution in [0, 0.1) is 5.82 Å². The Balaban J connectivity index is 2.05. The number of aromatic nitrogens is 2. The number of hydrogen-bond acceptors (Lipinski definition) is 3. The molecule has 1 aromatic heterocycles. The van der Waals surface area contributed by atoms with Crippen molar-refractivity contribution in [2.75, 3.05) is 0 Å². The Morgan fingerprint density at radius 3 is 2.54 bits per heavy atom. The maximum absolute atomic E-state index is 14.0. The second-order valence-electron chi connectivity index (χ2n) is 4.95.